The van der Waals surface area contributed by atoms with E-state index in [2.05, 4.69) is 15.3 Å². The molecular formula is C20H23Cl2FN6O. The number of piperidine rings is 2. The predicted octanol–water partition coefficient (Wildman–Crippen LogP) is 3.58. The Morgan fingerprint density at radius 3 is 2.60 bits per heavy atom. The van der Waals surface area contributed by atoms with Gasteiger partial charge in [-0.15, -0.1) is 0 Å². The minimum absolute atomic E-state index is 0.0191. The maximum absolute atomic E-state index is 14.4. The fourth-order valence-corrected chi connectivity index (χ4v) is 4.76. The standard InChI is InChI=1S/C20H23Cl2FN6O/c21-12-7-13(22)9-14(8-12)27-16-4-2-6-29(20(16)30)15-3-1-5-28(10-15)19-17(23)18(24)25-11-26-19/h7-9,11,15-16,27H,1-6,10H2,(H2,24,25,26). The number of nitrogens with zero attached hydrogens (tertiary/aromatic N) is 4. The molecule has 2 unspecified atom stereocenters. The molecule has 2 saturated heterocycles. The average molecular weight is 453 g/mol. The first kappa shape index (κ1) is 20.9. The quantitative estimate of drug-likeness (QED) is 0.736. The van der Waals surface area contributed by atoms with Gasteiger partial charge in [0, 0.05) is 41.4 Å². The first-order valence-electron chi connectivity index (χ1n) is 9.96. The molecule has 2 aliphatic heterocycles. The van der Waals surface area contributed by atoms with Crippen molar-refractivity contribution < 1.29 is 9.18 Å². The lowest BCUT2D eigenvalue weighted by molar-refractivity contribution is -0.137. The van der Waals surface area contributed by atoms with Gasteiger partial charge in [0.15, 0.2) is 11.6 Å². The van der Waals surface area contributed by atoms with Gasteiger partial charge in [-0.05, 0) is 43.9 Å². The maximum atomic E-state index is 14.4. The molecule has 160 valence electrons. The number of rotatable bonds is 4. The van der Waals surface area contributed by atoms with Gasteiger partial charge in [0.1, 0.15) is 12.4 Å². The van der Waals surface area contributed by atoms with Crippen molar-refractivity contribution >= 4 is 46.4 Å². The van der Waals surface area contributed by atoms with Crippen LogP contribution in [0.25, 0.3) is 0 Å². The van der Waals surface area contributed by atoms with Crippen LogP contribution in [0.5, 0.6) is 0 Å². The molecule has 1 amide bonds. The van der Waals surface area contributed by atoms with Crippen LogP contribution in [0.1, 0.15) is 25.7 Å². The second-order valence-electron chi connectivity index (χ2n) is 7.67. The Bertz CT molecular complexity index is 925. The molecule has 10 heteroatoms. The third kappa shape index (κ3) is 4.39. The molecule has 3 N–H and O–H groups in total. The molecule has 2 fully saturated rings. The van der Waals surface area contributed by atoms with E-state index in [1.807, 2.05) is 9.80 Å². The molecule has 2 aromatic rings. The summed E-state index contributed by atoms with van der Waals surface area (Å²) in [4.78, 5) is 24.7. The maximum Gasteiger partial charge on any atom is 0.245 e. The fraction of sp³-hybridized carbons (Fsp3) is 0.450. The van der Waals surface area contributed by atoms with Gasteiger partial charge in [-0.2, -0.15) is 4.39 Å². The van der Waals surface area contributed by atoms with Crippen molar-refractivity contribution in [2.24, 2.45) is 0 Å². The van der Waals surface area contributed by atoms with E-state index in [0.29, 0.717) is 29.7 Å². The summed E-state index contributed by atoms with van der Waals surface area (Å²) in [7, 11) is 0. The van der Waals surface area contributed by atoms with Crippen LogP contribution < -0.4 is 16.0 Å². The highest BCUT2D eigenvalue weighted by Crippen LogP contribution is 2.29. The van der Waals surface area contributed by atoms with E-state index in [1.165, 1.54) is 6.33 Å². The van der Waals surface area contributed by atoms with Crippen LogP contribution in [0.2, 0.25) is 10.0 Å². The monoisotopic (exact) mass is 452 g/mol. The van der Waals surface area contributed by atoms with Gasteiger partial charge in [-0.25, -0.2) is 9.97 Å². The summed E-state index contributed by atoms with van der Waals surface area (Å²) in [5.74, 6) is -0.548. The summed E-state index contributed by atoms with van der Waals surface area (Å²) in [6.45, 7) is 1.85. The van der Waals surface area contributed by atoms with Crippen LogP contribution in [0, 0.1) is 5.82 Å². The lowest BCUT2D eigenvalue weighted by Gasteiger charge is -2.43. The number of hydrogen-bond donors (Lipinski definition) is 2. The van der Waals surface area contributed by atoms with Gasteiger partial charge in [0.25, 0.3) is 0 Å². The van der Waals surface area contributed by atoms with E-state index in [1.54, 1.807) is 18.2 Å². The summed E-state index contributed by atoms with van der Waals surface area (Å²) in [5, 5.41) is 4.30. The molecular weight excluding hydrogens is 430 g/mol. The van der Waals surface area contributed by atoms with E-state index >= 15 is 0 Å². The number of carbonyl (C=O) groups is 1. The molecule has 4 rings (SSSR count). The zero-order valence-electron chi connectivity index (χ0n) is 16.3. The van der Waals surface area contributed by atoms with E-state index in [4.69, 9.17) is 28.9 Å². The van der Waals surface area contributed by atoms with Gasteiger partial charge >= 0.3 is 0 Å². The highest BCUT2D eigenvalue weighted by molar-refractivity contribution is 6.35. The first-order valence-corrected chi connectivity index (χ1v) is 10.7. The summed E-state index contributed by atoms with van der Waals surface area (Å²) < 4.78 is 14.4. The average Bonchev–Trinajstić information content (AvgIpc) is 2.71. The molecule has 30 heavy (non-hydrogen) atoms. The Morgan fingerprint density at radius 1 is 1.10 bits per heavy atom. The lowest BCUT2D eigenvalue weighted by Crippen LogP contribution is -2.56. The molecule has 0 aliphatic carbocycles. The summed E-state index contributed by atoms with van der Waals surface area (Å²) in [6, 6.07) is 4.79. The number of hydrogen-bond acceptors (Lipinski definition) is 6. The van der Waals surface area contributed by atoms with E-state index in [9.17, 15) is 9.18 Å². The summed E-state index contributed by atoms with van der Waals surface area (Å²) in [5.41, 5.74) is 6.31. The molecule has 3 heterocycles. The Morgan fingerprint density at radius 2 is 1.83 bits per heavy atom. The Labute approximate surface area is 184 Å². The SMILES string of the molecule is Nc1ncnc(N2CCCC(N3CCCC(Nc4cc(Cl)cc(Cl)c4)C3=O)C2)c1F. The van der Waals surface area contributed by atoms with Crippen molar-refractivity contribution in [2.75, 3.05) is 35.6 Å². The molecule has 0 spiro atoms. The summed E-state index contributed by atoms with van der Waals surface area (Å²) in [6.07, 6.45) is 4.56. The number of carbonyl (C=O) groups excluding carboxylic acids is 1. The van der Waals surface area contributed by atoms with Gasteiger partial charge in [0.05, 0.1) is 0 Å². The van der Waals surface area contributed by atoms with E-state index < -0.39 is 5.82 Å². The Balaban J connectivity index is 1.47. The highest BCUT2D eigenvalue weighted by atomic mass is 35.5. The van der Waals surface area contributed by atoms with Crippen molar-refractivity contribution in [1.82, 2.24) is 14.9 Å². The number of halogens is 3. The zero-order chi connectivity index (χ0) is 21.3. The molecule has 1 aromatic heterocycles. The van der Waals surface area contributed by atoms with Crippen LogP contribution in [0.3, 0.4) is 0 Å². The van der Waals surface area contributed by atoms with Crippen molar-refractivity contribution in [3.05, 3.63) is 40.4 Å². The van der Waals surface area contributed by atoms with Crippen molar-refractivity contribution in [2.45, 2.75) is 37.8 Å². The number of aromatic nitrogens is 2. The van der Waals surface area contributed by atoms with Crippen LogP contribution in [0.15, 0.2) is 24.5 Å². The fourth-order valence-electron chi connectivity index (χ4n) is 4.23. The number of likely N-dealkylation sites (tertiary alicyclic amines) is 1. The molecule has 2 atom stereocenters. The van der Waals surface area contributed by atoms with E-state index in [0.717, 1.165) is 31.4 Å². The van der Waals surface area contributed by atoms with Crippen LogP contribution in [-0.4, -0.2) is 52.5 Å². The largest absolute Gasteiger partial charge is 0.381 e. The topological polar surface area (TPSA) is 87.4 Å². The van der Waals surface area contributed by atoms with Gasteiger partial charge in [0.2, 0.25) is 11.7 Å². The number of anilines is 3. The number of nitrogens with one attached hydrogen (secondary N) is 1. The minimum atomic E-state index is -0.611. The number of nitrogen functional groups attached to an aromatic ring is 1. The van der Waals surface area contributed by atoms with Crippen LogP contribution in [-0.2, 0) is 4.79 Å². The third-order valence-electron chi connectivity index (χ3n) is 5.61. The van der Waals surface area contributed by atoms with Crippen LogP contribution in [0.4, 0.5) is 21.7 Å². The second kappa shape index (κ2) is 8.81. The number of nitrogens with two attached hydrogens (primary N) is 1. The van der Waals surface area contributed by atoms with Crippen molar-refractivity contribution in [3.63, 3.8) is 0 Å². The lowest BCUT2D eigenvalue weighted by atomic mass is 9.97. The number of amides is 1. The van der Waals surface area contributed by atoms with Gasteiger partial charge in [-0.1, -0.05) is 23.2 Å². The third-order valence-corrected chi connectivity index (χ3v) is 6.05. The Hall–Kier alpha value is -2.32. The second-order valence-corrected chi connectivity index (χ2v) is 8.54. The Kier molecular flexibility index (Phi) is 6.15. The minimum Gasteiger partial charge on any atom is -0.381 e. The van der Waals surface area contributed by atoms with Crippen molar-refractivity contribution in [1.29, 1.82) is 0 Å². The summed E-state index contributed by atoms with van der Waals surface area (Å²) >= 11 is 12.2. The van der Waals surface area contributed by atoms with Crippen molar-refractivity contribution in [3.8, 4) is 0 Å². The smallest absolute Gasteiger partial charge is 0.245 e. The molecule has 7 nitrogen and oxygen atoms in total. The normalized spacial score (nSPS) is 22.3. The zero-order valence-corrected chi connectivity index (χ0v) is 17.8. The number of benzene rings is 1. The molecule has 2 aliphatic rings. The first-order chi connectivity index (χ1) is 14.4. The predicted molar refractivity (Wildman–Crippen MR) is 116 cm³/mol. The van der Waals surface area contributed by atoms with Gasteiger partial charge in [-0.3, -0.25) is 4.79 Å². The molecule has 0 radical (unpaired) electrons. The highest BCUT2D eigenvalue weighted by Gasteiger charge is 2.36. The van der Waals surface area contributed by atoms with E-state index in [-0.39, 0.29) is 29.6 Å². The molecule has 0 bridgehead atoms. The molecule has 0 saturated carbocycles. The van der Waals surface area contributed by atoms with Gasteiger partial charge < -0.3 is 20.9 Å². The van der Waals surface area contributed by atoms with Crippen LogP contribution >= 0.6 is 23.2 Å². The molecule has 1 aromatic carbocycles.